The summed E-state index contributed by atoms with van der Waals surface area (Å²) in [6, 6.07) is 39.1. The summed E-state index contributed by atoms with van der Waals surface area (Å²) in [5.41, 5.74) is 20.9. The third kappa shape index (κ3) is 18.5. The highest BCUT2D eigenvalue weighted by Gasteiger charge is 2.25. The topological polar surface area (TPSA) is 99.8 Å². The Labute approximate surface area is 499 Å². The van der Waals surface area contributed by atoms with Crippen molar-refractivity contribution in [3.63, 3.8) is 0 Å². The summed E-state index contributed by atoms with van der Waals surface area (Å²) in [7, 11) is 8.18. The third-order valence-electron chi connectivity index (χ3n) is 14.3. The normalized spacial score (nSPS) is 16.0. The van der Waals surface area contributed by atoms with Crippen LogP contribution in [0.1, 0.15) is 155 Å². The zero-order valence-electron chi connectivity index (χ0n) is 55.1. The highest BCUT2D eigenvalue weighted by molar-refractivity contribution is 5.79. The van der Waals surface area contributed by atoms with Gasteiger partial charge in [0.2, 0.25) is 0 Å². The van der Waals surface area contributed by atoms with E-state index in [1.807, 2.05) is 135 Å². The molecule has 4 atom stereocenters. The predicted octanol–water partition coefficient (Wildman–Crippen LogP) is 18.1. The first-order chi connectivity index (χ1) is 39.7. The van der Waals surface area contributed by atoms with Crippen LogP contribution < -0.4 is 36.0 Å². The van der Waals surface area contributed by atoms with E-state index < -0.39 is 0 Å². The first-order valence-corrected chi connectivity index (χ1v) is 30.5. The number of hydrogen-bond donors (Lipinski definition) is 4. The lowest BCUT2D eigenvalue weighted by molar-refractivity contribution is 0.356. The maximum Gasteiger partial charge on any atom is 0.173 e. The van der Waals surface area contributed by atoms with Crippen molar-refractivity contribution in [2.45, 2.75) is 176 Å². The number of aromatic nitrogens is 3. The highest BCUT2D eigenvalue weighted by atomic mass is 15.4. The molecule has 6 aliphatic rings. The number of aryl methyl sites for hydroxylation is 4. The van der Waals surface area contributed by atoms with Crippen LogP contribution >= 0.6 is 0 Å². The van der Waals surface area contributed by atoms with Gasteiger partial charge >= 0.3 is 0 Å². The lowest BCUT2D eigenvalue weighted by Gasteiger charge is -2.16. The lowest BCUT2D eigenvalue weighted by Crippen LogP contribution is -2.28. The second kappa shape index (κ2) is 36.7. The van der Waals surface area contributed by atoms with Crippen LogP contribution in [0, 0.1) is 27.7 Å². The van der Waals surface area contributed by atoms with Gasteiger partial charge in [-0.15, -0.1) is 0 Å². The summed E-state index contributed by atoms with van der Waals surface area (Å²) in [4.78, 5) is 21.1. The molecule has 0 radical (unpaired) electrons. The number of pyridine rings is 1. The molecule has 4 aliphatic heterocycles. The summed E-state index contributed by atoms with van der Waals surface area (Å²) < 4.78 is 0. The van der Waals surface area contributed by atoms with Crippen LogP contribution in [-0.4, -0.2) is 72.7 Å². The molecule has 2 aromatic heterocycles. The Bertz CT molecular complexity index is 2730. The maximum absolute atomic E-state index is 4.25. The van der Waals surface area contributed by atoms with Crippen molar-refractivity contribution in [2.75, 3.05) is 58.8 Å². The van der Waals surface area contributed by atoms with Crippen molar-refractivity contribution < 1.29 is 0 Å². The molecule has 6 heterocycles. The molecule has 0 amide bonds. The molecule has 4 unspecified atom stereocenters. The van der Waals surface area contributed by atoms with Gasteiger partial charge < -0.3 is 40.9 Å². The standard InChI is InChI=1S/2C15H14.C9H12N2.C8H11N3.C7H10N4.C5H10N2.6C2H6/c2*1-10-7-13-9-12-5-3-4-6-14(12)15(13)8-11(10)2;1-7-10-8-5-3-4-6-9(8)11(7)2;1-6-10-7-4-3-5-9-8(7)11(6)2;1-5-10-6-7(11(5)2)9-4-3-8-6;1-5-6-3-4-7(5)2;6*1-2/h2*3-8H,9H2,1-2H3;3-7,10H,1-2H3;3-6,10H,1-2H3;3-5H,1-2H3,(H,8,10);3-6H,1-2H3;6*1-2H3. The fourth-order valence-electron chi connectivity index (χ4n) is 9.28. The predicted molar refractivity (Wildman–Crippen MR) is 363 cm³/mol. The van der Waals surface area contributed by atoms with Crippen molar-refractivity contribution in [3.8, 4) is 22.3 Å². The Balaban J connectivity index is 0.000000327. The quantitative estimate of drug-likeness (QED) is 0.117. The van der Waals surface area contributed by atoms with Gasteiger partial charge in [-0.25, -0.2) is 15.0 Å². The molecule has 2 aliphatic carbocycles. The molecule has 0 fully saturated rings. The molecular formula is C71H107N11. The molecule has 446 valence electrons. The first kappa shape index (κ1) is 70.6. The van der Waals surface area contributed by atoms with Gasteiger partial charge in [0.1, 0.15) is 0 Å². The summed E-state index contributed by atoms with van der Waals surface area (Å²) >= 11 is 0. The molecule has 0 spiro atoms. The van der Waals surface area contributed by atoms with Gasteiger partial charge in [0.15, 0.2) is 17.5 Å². The minimum absolute atomic E-state index is 0.299. The minimum Gasteiger partial charge on any atom is -0.370 e. The molecule has 11 heteroatoms. The Hall–Kier alpha value is -7.53. The molecule has 82 heavy (non-hydrogen) atoms. The molecule has 11 nitrogen and oxygen atoms in total. The number of nitrogens with one attached hydrogen (secondary N) is 4. The monoisotopic (exact) mass is 1110 g/mol. The molecule has 0 bridgehead atoms. The van der Waals surface area contributed by atoms with Gasteiger partial charge in [-0.1, -0.05) is 168 Å². The zero-order chi connectivity index (χ0) is 61.6. The summed E-state index contributed by atoms with van der Waals surface area (Å²) in [6.45, 7) is 41.2. The van der Waals surface area contributed by atoms with Crippen LogP contribution in [0.5, 0.6) is 0 Å². The fourth-order valence-corrected chi connectivity index (χ4v) is 9.28. The summed E-state index contributed by atoms with van der Waals surface area (Å²) in [5, 5.41) is 13.0. The van der Waals surface area contributed by atoms with Crippen molar-refractivity contribution in [1.29, 1.82) is 0 Å². The number of hydrogen-bond acceptors (Lipinski definition) is 11. The average molecular weight is 1110 g/mol. The Morgan fingerprint density at radius 3 is 1.27 bits per heavy atom. The van der Waals surface area contributed by atoms with E-state index in [0.29, 0.717) is 24.7 Å². The number of para-hydroxylation sites is 2. The van der Waals surface area contributed by atoms with Crippen LogP contribution in [0.3, 0.4) is 0 Å². The number of fused-ring (bicyclic) bond motifs is 9. The largest absolute Gasteiger partial charge is 0.370 e. The second-order valence-corrected chi connectivity index (χ2v) is 19.1. The Morgan fingerprint density at radius 2 is 0.805 bits per heavy atom. The van der Waals surface area contributed by atoms with Crippen LogP contribution in [-0.2, 0) is 12.8 Å². The summed E-state index contributed by atoms with van der Waals surface area (Å²) in [5.74, 6) is 2.85. The van der Waals surface area contributed by atoms with E-state index >= 15 is 0 Å². The van der Waals surface area contributed by atoms with Gasteiger partial charge in [-0.05, 0) is 159 Å². The van der Waals surface area contributed by atoms with Crippen LogP contribution in [0.25, 0.3) is 22.3 Å². The van der Waals surface area contributed by atoms with Crippen LogP contribution in [0.2, 0.25) is 0 Å². The maximum atomic E-state index is 4.25. The van der Waals surface area contributed by atoms with Crippen molar-refractivity contribution in [1.82, 2.24) is 25.2 Å². The first-order valence-electron chi connectivity index (χ1n) is 30.5. The number of rotatable bonds is 0. The summed E-state index contributed by atoms with van der Waals surface area (Å²) in [6.07, 6.45) is 13.0. The SMILES string of the molecule is CC.CC.CC.CC.CC.CC.CC1NC=CN1C.CC1Nc2ccccc2N1C.CC1Nc2cccnc2N1C.CC1Nc2nccnc2N1C.Cc1cc2c(cc1C)-c1ccccc1C2.Cc1cc2c(cc1C)-c1ccccc1C2. The molecule has 0 saturated carbocycles. The van der Waals surface area contributed by atoms with Gasteiger partial charge in [-0.3, -0.25) is 0 Å². The van der Waals surface area contributed by atoms with E-state index in [-0.39, 0.29) is 0 Å². The van der Waals surface area contributed by atoms with E-state index in [2.05, 4.69) is 215 Å². The van der Waals surface area contributed by atoms with Crippen molar-refractivity contribution >= 4 is 34.5 Å². The van der Waals surface area contributed by atoms with Crippen LogP contribution in [0.4, 0.5) is 34.5 Å². The second-order valence-electron chi connectivity index (χ2n) is 19.1. The molecular weight excluding hydrogens is 1010 g/mol. The highest BCUT2D eigenvalue weighted by Crippen LogP contribution is 2.39. The lowest BCUT2D eigenvalue weighted by atomic mass is 10.00. The molecule has 7 aromatic rings. The number of anilines is 6. The van der Waals surface area contributed by atoms with Crippen molar-refractivity contribution in [2.24, 2.45) is 0 Å². The minimum atomic E-state index is 0.299. The van der Waals surface area contributed by atoms with Gasteiger partial charge in [0.25, 0.3) is 0 Å². The van der Waals surface area contributed by atoms with Gasteiger partial charge in [-0.2, -0.15) is 0 Å². The molecule has 4 N–H and O–H groups in total. The third-order valence-corrected chi connectivity index (χ3v) is 14.3. The van der Waals surface area contributed by atoms with Gasteiger partial charge in [0.05, 0.1) is 41.7 Å². The van der Waals surface area contributed by atoms with E-state index in [4.69, 9.17) is 0 Å². The number of benzene rings is 5. The smallest absolute Gasteiger partial charge is 0.173 e. The van der Waals surface area contributed by atoms with E-state index in [9.17, 15) is 0 Å². The average Bonchev–Trinajstić information content (AvgIpc) is 4.46. The molecule has 5 aromatic carbocycles. The number of nitrogens with zero attached hydrogens (tertiary/aromatic N) is 7. The molecule has 13 rings (SSSR count). The zero-order valence-corrected chi connectivity index (χ0v) is 55.1. The fraction of sp³-hybridized carbons (Fsp3) is 0.423. The Morgan fingerprint density at radius 1 is 0.390 bits per heavy atom. The molecule has 0 saturated heterocycles. The van der Waals surface area contributed by atoms with Crippen molar-refractivity contribution in [3.05, 3.63) is 185 Å². The van der Waals surface area contributed by atoms with E-state index in [0.717, 1.165) is 36.0 Å². The van der Waals surface area contributed by atoms with Crippen LogP contribution in [0.15, 0.2) is 140 Å². The van der Waals surface area contributed by atoms with E-state index in [1.54, 1.807) is 12.4 Å². The van der Waals surface area contributed by atoms with Gasteiger partial charge in [0, 0.05) is 59.2 Å². The Kier molecular flexibility index (Phi) is 31.6. The van der Waals surface area contributed by atoms with E-state index in [1.165, 1.54) is 78.1 Å².